The first-order chi connectivity index (χ1) is 15.2. The second-order valence-corrected chi connectivity index (χ2v) is 7.84. The summed E-state index contributed by atoms with van der Waals surface area (Å²) >= 11 is 0. The van der Waals surface area contributed by atoms with Crippen LogP contribution in [0.15, 0.2) is 24.0 Å². The molecule has 1 aromatic heterocycles. The lowest BCUT2D eigenvalue weighted by Crippen LogP contribution is -2.58. The van der Waals surface area contributed by atoms with Gasteiger partial charge in [0, 0.05) is 44.7 Å². The van der Waals surface area contributed by atoms with Crippen LogP contribution in [0.4, 0.5) is 14.5 Å². The Labute approximate surface area is 183 Å². The molecule has 2 aliphatic rings. The van der Waals surface area contributed by atoms with Crippen molar-refractivity contribution in [2.75, 3.05) is 25.0 Å². The number of alkyl halides is 2. The number of aryl methyl sites for hydroxylation is 1. The third-order valence-corrected chi connectivity index (χ3v) is 5.36. The van der Waals surface area contributed by atoms with E-state index in [4.69, 9.17) is 0 Å². The molecule has 0 bridgehead atoms. The molecule has 172 valence electrons. The molecule has 2 fully saturated rings. The van der Waals surface area contributed by atoms with Crippen LogP contribution in [0.1, 0.15) is 25.7 Å². The molecule has 0 radical (unpaired) electrons. The van der Waals surface area contributed by atoms with Crippen LogP contribution in [0.5, 0.6) is 0 Å². The number of amides is 3. The van der Waals surface area contributed by atoms with Crippen molar-refractivity contribution in [2.24, 2.45) is 7.05 Å². The number of nitrogens with zero attached hydrogens (tertiary/aromatic N) is 4. The Morgan fingerprint density at radius 2 is 2.28 bits per heavy atom. The Kier molecular flexibility index (Phi) is 7.07. The van der Waals surface area contributed by atoms with E-state index in [1.54, 1.807) is 13.2 Å². The van der Waals surface area contributed by atoms with Gasteiger partial charge in [-0.05, 0) is 18.9 Å². The zero-order chi connectivity index (χ0) is 23.3. The molecule has 0 aliphatic carbocycles. The summed E-state index contributed by atoms with van der Waals surface area (Å²) in [5.74, 6) is -4.82. The number of likely N-dealkylation sites (tertiary alicyclic amines) is 1. The molecule has 3 amide bonds. The minimum atomic E-state index is -3.11. The number of aromatic nitrogens is 2. The lowest BCUT2D eigenvalue weighted by molar-refractivity contribution is -0.151. The van der Waals surface area contributed by atoms with E-state index in [9.17, 15) is 28.4 Å². The van der Waals surface area contributed by atoms with Crippen molar-refractivity contribution >= 4 is 23.4 Å². The number of nitrogens with one attached hydrogen (secondary N) is 3. The van der Waals surface area contributed by atoms with Crippen LogP contribution in [0.25, 0.3) is 0 Å². The van der Waals surface area contributed by atoms with E-state index < -0.39 is 42.7 Å². The molecular formula is C20H25F2N7O3. The average molecular weight is 449 g/mol. The van der Waals surface area contributed by atoms with Gasteiger partial charge in [-0.15, -0.1) is 0 Å². The number of carbonyl (C=O) groups is 3. The monoisotopic (exact) mass is 449 g/mol. The zero-order valence-corrected chi connectivity index (χ0v) is 17.6. The van der Waals surface area contributed by atoms with Gasteiger partial charge < -0.3 is 20.9 Å². The number of hydrogen-bond donors (Lipinski definition) is 3. The summed E-state index contributed by atoms with van der Waals surface area (Å²) in [6.45, 7) is 0.0351. The molecule has 3 N–H and O–H groups in total. The lowest BCUT2D eigenvalue weighted by atomic mass is 9.97. The largest absolute Gasteiger partial charge is 0.374 e. The van der Waals surface area contributed by atoms with Crippen molar-refractivity contribution in [1.82, 2.24) is 25.3 Å². The molecule has 2 atom stereocenters. The maximum absolute atomic E-state index is 14.1. The minimum absolute atomic E-state index is 0.201. The normalized spacial score (nSPS) is 22.6. The highest BCUT2D eigenvalue weighted by molar-refractivity contribution is 5.94. The third kappa shape index (κ3) is 5.81. The Bertz CT molecular complexity index is 953. The van der Waals surface area contributed by atoms with Gasteiger partial charge in [0.15, 0.2) is 0 Å². The third-order valence-electron chi connectivity index (χ3n) is 5.36. The molecule has 12 heteroatoms. The van der Waals surface area contributed by atoms with Crippen molar-refractivity contribution in [3.8, 4) is 6.07 Å². The van der Waals surface area contributed by atoms with Crippen LogP contribution in [0.3, 0.4) is 0 Å². The topological polar surface area (TPSA) is 132 Å². The Hall–Kier alpha value is -3.49. The summed E-state index contributed by atoms with van der Waals surface area (Å²) in [5.41, 5.74) is 0.928. The van der Waals surface area contributed by atoms with Crippen molar-refractivity contribution in [1.29, 1.82) is 5.26 Å². The van der Waals surface area contributed by atoms with Gasteiger partial charge in [-0.1, -0.05) is 0 Å². The fraction of sp³-hybridized carbons (Fsp3) is 0.550. The number of nitriles is 1. The summed E-state index contributed by atoms with van der Waals surface area (Å²) in [6.07, 6.45) is 4.23. The SMILES string of the molecule is Cn1cc(NCC(=O)N2CCC(F)(F)C[C@H]2C(=O)N[C@H](C#N)/C=C2\CCCNC2=O)cn1. The first-order valence-electron chi connectivity index (χ1n) is 10.3. The van der Waals surface area contributed by atoms with Gasteiger partial charge >= 0.3 is 0 Å². The van der Waals surface area contributed by atoms with Crippen LogP contribution in [0.2, 0.25) is 0 Å². The molecule has 2 saturated heterocycles. The predicted molar refractivity (Wildman–Crippen MR) is 109 cm³/mol. The van der Waals surface area contributed by atoms with E-state index in [0.717, 1.165) is 4.90 Å². The van der Waals surface area contributed by atoms with E-state index in [2.05, 4.69) is 21.0 Å². The number of anilines is 1. The molecule has 0 aromatic carbocycles. The van der Waals surface area contributed by atoms with Crippen LogP contribution >= 0.6 is 0 Å². The second kappa shape index (κ2) is 9.76. The fourth-order valence-electron chi connectivity index (χ4n) is 3.69. The van der Waals surface area contributed by atoms with Crippen LogP contribution in [-0.4, -0.2) is 70.0 Å². The molecule has 0 saturated carbocycles. The van der Waals surface area contributed by atoms with Gasteiger partial charge in [-0.2, -0.15) is 10.4 Å². The molecule has 32 heavy (non-hydrogen) atoms. The maximum Gasteiger partial charge on any atom is 0.252 e. The van der Waals surface area contributed by atoms with E-state index in [0.29, 0.717) is 30.6 Å². The number of carbonyl (C=O) groups excluding carboxylic acids is 3. The smallest absolute Gasteiger partial charge is 0.252 e. The fourth-order valence-corrected chi connectivity index (χ4v) is 3.69. The zero-order valence-electron chi connectivity index (χ0n) is 17.6. The van der Waals surface area contributed by atoms with E-state index in [-0.39, 0.29) is 19.0 Å². The summed E-state index contributed by atoms with van der Waals surface area (Å²) in [4.78, 5) is 38.5. The molecule has 2 aliphatic heterocycles. The van der Waals surface area contributed by atoms with E-state index >= 15 is 0 Å². The number of halogens is 2. The van der Waals surface area contributed by atoms with Crippen molar-refractivity contribution in [3.05, 3.63) is 24.0 Å². The summed E-state index contributed by atoms with van der Waals surface area (Å²) in [5, 5.41) is 21.2. The minimum Gasteiger partial charge on any atom is -0.374 e. The van der Waals surface area contributed by atoms with Gasteiger partial charge in [-0.25, -0.2) is 8.78 Å². The molecule has 0 unspecified atom stereocenters. The Morgan fingerprint density at radius 1 is 1.50 bits per heavy atom. The van der Waals surface area contributed by atoms with Crippen molar-refractivity contribution in [3.63, 3.8) is 0 Å². The quantitative estimate of drug-likeness (QED) is 0.536. The van der Waals surface area contributed by atoms with Crippen molar-refractivity contribution in [2.45, 2.75) is 43.7 Å². The Morgan fingerprint density at radius 3 is 2.94 bits per heavy atom. The molecule has 10 nitrogen and oxygen atoms in total. The molecule has 3 rings (SSSR count). The van der Waals surface area contributed by atoms with Gasteiger partial charge in [-0.3, -0.25) is 19.1 Å². The number of rotatable bonds is 6. The number of piperidine rings is 2. The highest BCUT2D eigenvalue weighted by atomic mass is 19.3. The van der Waals surface area contributed by atoms with Gasteiger partial charge in [0.25, 0.3) is 5.92 Å². The summed E-state index contributed by atoms with van der Waals surface area (Å²) in [6, 6.07) is -0.759. The molecule has 0 spiro atoms. The second-order valence-electron chi connectivity index (χ2n) is 7.84. The molecular weight excluding hydrogens is 424 g/mol. The highest BCUT2D eigenvalue weighted by Crippen LogP contribution is 2.32. The lowest BCUT2D eigenvalue weighted by Gasteiger charge is -2.38. The van der Waals surface area contributed by atoms with Crippen LogP contribution in [-0.2, 0) is 21.4 Å². The average Bonchev–Trinajstić information content (AvgIpc) is 3.17. The van der Waals surface area contributed by atoms with Crippen LogP contribution in [0, 0.1) is 11.3 Å². The first kappa shape index (κ1) is 23.2. The van der Waals surface area contributed by atoms with E-state index in [1.807, 2.05) is 6.07 Å². The van der Waals surface area contributed by atoms with E-state index in [1.165, 1.54) is 17.0 Å². The highest BCUT2D eigenvalue weighted by Gasteiger charge is 2.45. The summed E-state index contributed by atoms with van der Waals surface area (Å²) < 4.78 is 29.7. The molecule has 1 aromatic rings. The molecule has 3 heterocycles. The van der Waals surface area contributed by atoms with Gasteiger partial charge in [0.1, 0.15) is 12.1 Å². The van der Waals surface area contributed by atoms with Crippen LogP contribution < -0.4 is 16.0 Å². The Balaban J connectivity index is 1.69. The van der Waals surface area contributed by atoms with Crippen molar-refractivity contribution < 1.29 is 23.2 Å². The standard InChI is InChI=1S/C20H25F2N7O3/c1-28-12-15(10-26-28)25-11-17(30)29-6-4-20(21,22)8-16(29)19(32)27-14(9-23)7-13-3-2-5-24-18(13)31/h7,10,12,14,16,25H,2-6,8,11H2,1H3,(H,24,31)(H,27,32)/b13-7+/t14-,16-/m0/s1. The maximum atomic E-state index is 14.1. The predicted octanol–water partition coefficient (Wildman–Crippen LogP) is 0.303. The first-order valence-corrected chi connectivity index (χ1v) is 10.3. The van der Waals surface area contributed by atoms with Gasteiger partial charge in [0.2, 0.25) is 17.7 Å². The number of hydrogen-bond acceptors (Lipinski definition) is 6. The van der Waals surface area contributed by atoms with Gasteiger partial charge in [0.05, 0.1) is 24.5 Å². The summed E-state index contributed by atoms with van der Waals surface area (Å²) in [7, 11) is 1.71.